The van der Waals surface area contributed by atoms with Crippen LogP contribution in [0.3, 0.4) is 0 Å². The molecule has 0 atom stereocenters. The summed E-state index contributed by atoms with van der Waals surface area (Å²) in [5.74, 6) is 1.39. The molecule has 25 heavy (non-hydrogen) atoms. The Morgan fingerprint density at radius 2 is 1.72 bits per heavy atom. The van der Waals surface area contributed by atoms with Gasteiger partial charge in [0.1, 0.15) is 6.61 Å². The lowest BCUT2D eigenvalue weighted by Crippen LogP contribution is -1.99. The summed E-state index contributed by atoms with van der Waals surface area (Å²) < 4.78 is 13.4. The Bertz CT molecular complexity index is 862. The summed E-state index contributed by atoms with van der Waals surface area (Å²) in [4.78, 5) is 4.20. The van der Waals surface area contributed by atoms with E-state index in [0.717, 1.165) is 31.2 Å². The highest BCUT2D eigenvalue weighted by Crippen LogP contribution is 2.42. The number of nitrogens with zero attached hydrogens (tertiary/aromatic N) is 1. The van der Waals surface area contributed by atoms with E-state index in [4.69, 9.17) is 9.47 Å². The smallest absolute Gasteiger partial charge is 0.162 e. The molecule has 0 unspecified atom stereocenters. The average molecular weight is 463 g/mol. The highest BCUT2D eigenvalue weighted by Gasteiger charge is 2.16. The number of benzene rings is 2. The lowest BCUT2D eigenvalue weighted by Gasteiger charge is -2.16. The Labute approximate surface area is 164 Å². The maximum atomic E-state index is 5.97. The van der Waals surface area contributed by atoms with Crippen LogP contribution < -0.4 is 9.47 Å². The lowest BCUT2D eigenvalue weighted by molar-refractivity contribution is 0.284. The third kappa shape index (κ3) is 4.05. The molecular weight excluding hydrogens is 446 g/mol. The van der Waals surface area contributed by atoms with Gasteiger partial charge in [-0.15, -0.1) is 0 Å². The second kappa shape index (κ2) is 8.02. The molecule has 0 fully saturated rings. The summed E-state index contributed by atoms with van der Waals surface area (Å²) in [6.07, 6.45) is 3.64. The van der Waals surface area contributed by atoms with Gasteiger partial charge in [-0.05, 0) is 46.1 Å². The van der Waals surface area contributed by atoms with Gasteiger partial charge in [-0.1, -0.05) is 46.3 Å². The fraction of sp³-hybridized carbons (Fsp3) is 0.150. The molecule has 0 radical (unpaired) electrons. The standard InChI is InChI=1S/C20H17Br2NO2/c1-13-10-23-11-17(22)20(13)15-8-18(24-2)19(9-16(15)21)25-12-14-6-4-3-5-7-14/h3-11H,12H2,1-2H3. The molecular formula is C20H17Br2NO2. The number of rotatable bonds is 5. The van der Waals surface area contributed by atoms with Gasteiger partial charge in [-0.2, -0.15) is 0 Å². The number of halogens is 2. The minimum Gasteiger partial charge on any atom is -0.493 e. The summed E-state index contributed by atoms with van der Waals surface area (Å²) in [5, 5.41) is 0. The molecule has 0 aliphatic rings. The van der Waals surface area contributed by atoms with Gasteiger partial charge < -0.3 is 9.47 Å². The lowest BCUT2D eigenvalue weighted by atomic mass is 10.0. The van der Waals surface area contributed by atoms with Crippen molar-refractivity contribution in [2.45, 2.75) is 13.5 Å². The maximum Gasteiger partial charge on any atom is 0.162 e. The van der Waals surface area contributed by atoms with Gasteiger partial charge in [0.15, 0.2) is 11.5 Å². The zero-order valence-electron chi connectivity index (χ0n) is 13.9. The molecule has 3 nitrogen and oxygen atoms in total. The SMILES string of the molecule is COc1cc(-c2c(C)cncc2Br)c(Br)cc1OCc1ccccc1. The quantitative estimate of drug-likeness (QED) is 0.454. The number of pyridine rings is 1. The molecule has 0 amide bonds. The molecule has 1 aromatic heterocycles. The summed E-state index contributed by atoms with van der Waals surface area (Å²) in [6.45, 7) is 2.52. The Morgan fingerprint density at radius 1 is 0.960 bits per heavy atom. The van der Waals surface area contributed by atoms with Crippen molar-refractivity contribution >= 4 is 31.9 Å². The minimum atomic E-state index is 0.487. The minimum absolute atomic E-state index is 0.487. The molecule has 0 bridgehead atoms. The number of ether oxygens (including phenoxy) is 2. The van der Waals surface area contributed by atoms with E-state index in [2.05, 4.69) is 36.8 Å². The summed E-state index contributed by atoms with van der Waals surface area (Å²) in [5.41, 5.74) is 4.29. The zero-order chi connectivity index (χ0) is 17.8. The van der Waals surface area contributed by atoms with Crippen molar-refractivity contribution in [3.8, 4) is 22.6 Å². The fourth-order valence-electron chi connectivity index (χ4n) is 2.61. The molecule has 2 aromatic carbocycles. The Kier molecular flexibility index (Phi) is 5.76. The average Bonchev–Trinajstić information content (AvgIpc) is 2.62. The van der Waals surface area contributed by atoms with Crippen molar-refractivity contribution in [1.29, 1.82) is 0 Å². The third-order valence-corrected chi connectivity index (χ3v) is 5.11. The van der Waals surface area contributed by atoms with Gasteiger partial charge in [0.05, 0.1) is 7.11 Å². The van der Waals surface area contributed by atoms with Crippen molar-refractivity contribution in [2.75, 3.05) is 7.11 Å². The molecule has 0 N–H and O–H groups in total. The molecule has 0 aliphatic carbocycles. The number of aromatic nitrogens is 1. The fourth-order valence-corrected chi connectivity index (χ4v) is 3.77. The second-order valence-corrected chi connectivity index (χ2v) is 7.28. The van der Waals surface area contributed by atoms with E-state index < -0.39 is 0 Å². The molecule has 128 valence electrons. The first-order valence-electron chi connectivity index (χ1n) is 7.75. The van der Waals surface area contributed by atoms with E-state index in [0.29, 0.717) is 18.1 Å². The monoisotopic (exact) mass is 461 g/mol. The normalized spacial score (nSPS) is 10.6. The zero-order valence-corrected chi connectivity index (χ0v) is 17.1. The molecule has 0 aliphatic heterocycles. The van der Waals surface area contributed by atoms with E-state index in [1.165, 1.54) is 0 Å². The molecule has 3 rings (SSSR count). The summed E-state index contributed by atoms with van der Waals surface area (Å²) in [7, 11) is 1.65. The molecule has 5 heteroatoms. The van der Waals surface area contributed by atoms with Crippen LogP contribution in [0.2, 0.25) is 0 Å². The van der Waals surface area contributed by atoms with Crippen molar-refractivity contribution < 1.29 is 9.47 Å². The number of hydrogen-bond donors (Lipinski definition) is 0. The van der Waals surface area contributed by atoms with Crippen LogP contribution in [0.1, 0.15) is 11.1 Å². The van der Waals surface area contributed by atoms with Gasteiger partial charge in [-0.25, -0.2) is 0 Å². The summed E-state index contributed by atoms with van der Waals surface area (Å²) in [6, 6.07) is 14.0. The second-order valence-electron chi connectivity index (χ2n) is 5.57. The van der Waals surface area contributed by atoms with Crippen LogP contribution in [0.5, 0.6) is 11.5 Å². The number of aryl methyl sites for hydroxylation is 1. The topological polar surface area (TPSA) is 31.4 Å². The highest BCUT2D eigenvalue weighted by atomic mass is 79.9. The van der Waals surface area contributed by atoms with Gasteiger partial charge in [0.25, 0.3) is 0 Å². The predicted molar refractivity (Wildman–Crippen MR) is 107 cm³/mol. The molecule has 0 saturated heterocycles. The van der Waals surface area contributed by atoms with Gasteiger partial charge in [0.2, 0.25) is 0 Å². The van der Waals surface area contributed by atoms with E-state index in [9.17, 15) is 0 Å². The summed E-state index contributed by atoms with van der Waals surface area (Å²) >= 11 is 7.25. The van der Waals surface area contributed by atoms with Crippen LogP contribution in [-0.4, -0.2) is 12.1 Å². The van der Waals surface area contributed by atoms with E-state index in [-0.39, 0.29) is 0 Å². The number of hydrogen-bond acceptors (Lipinski definition) is 3. The van der Waals surface area contributed by atoms with Gasteiger partial charge in [0, 0.05) is 32.5 Å². The number of methoxy groups -OCH3 is 1. The van der Waals surface area contributed by atoms with Crippen LogP contribution in [0.4, 0.5) is 0 Å². The van der Waals surface area contributed by atoms with Crippen molar-refractivity contribution in [1.82, 2.24) is 4.98 Å². The first-order chi connectivity index (χ1) is 12.1. The van der Waals surface area contributed by atoms with Crippen LogP contribution in [0.15, 0.2) is 63.8 Å². The third-order valence-electron chi connectivity index (χ3n) is 3.85. The molecule has 0 saturated carbocycles. The van der Waals surface area contributed by atoms with Crippen molar-refractivity contribution in [2.24, 2.45) is 0 Å². The molecule has 1 heterocycles. The van der Waals surface area contributed by atoms with Crippen molar-refractivity contribution in [3.05, 3.63) is 74.9 Å². The van der Waals surface area contributed by atoms with Crippen molar-refractivity contribution in [3.63, 3.8) is 0 Å². The van der Waals surface area contributed by atoms with Crippen LogP contribution >= 0.6 is 31.9 Å². The van der Waals surface area contributed by atoms with Gasteiger partial charge in [-0.3, -0.25) is 4.98 Å². The largest absolute Gasteiger partial charge is 0.493 e. The van der Waals surface area contributed by atoms with E-state index in [1.807, 2.05) is 55.6 Å². The van der Waals surface area contributed by atoms with Gasteiger partial charge >= 0.3 is 0 Å². The Hall–Kier alpha value is -1.85. The Balaban J connectivity index is 1.96. The molecule has 0 spiro atoms. The van der Waals surface area contributed by atoms with Crippen LogP contribution in [0, 0.1) is 6.92 Å². The van der Waals surface area contributed by atoms with E-state index >= 15 is 0 Å². The first-order valence-corrected chi connectivity index (χ1v) is 9.33. The maximum absolute atomic E-state index is 5.97. The van der Waals surface area contributed by atoms with Crippen LogP contribution in [-0.2, 0) is 6.61 Å². The first kappa shape index (κ1) is 18.0. The molecule has 3 aromatic rings. The van der Waals surface area contributed by atoms with E-state index in [1.54, 1.807) is 13.3 Å². The van der Waals surface area contributed by atoms with Crippen LogP contribution in [0.25, 0.3) is 11.1 Å². The Morgan fingerprint density at radius 3 is 2.40 bits per heavy atom. The highest BCUT2D eigenvalue weighted by molar-refractivity contribution is 9.11. The predicted octanol–water partition coefficient (Wildman–Crippen LogP) is 6.17.